The minimum atomic E-state index is -0.406. The van der Waals surface area contributed by atoms with E-state index >= 15 is 0 Å². The number of ether oxygens (including phenoxy) is 1. The molecule has 16 heavy (non-hydrogen) atoms. The molecule has 6 heteroatoms. The molecular weight excluding hydrogens is 210 g/mol. The van der Waals surface area contributed by atoms with Crippen LogP contribution in [0.15, 0.2) is 24.5 Å². The fourth-order valence-electron chi connectivity index (χ4n) is 1.49. The number of carbonyl (C=O) groups is 1. The van der Waals surface area contributed by atoms with Crippen molar-refractivity contribution in [3.8, 4) is 0 Å². The Balaban J connectivity index is 2.34. The Bertz CT molecular complexity index is 521. The van der Waals surface area contributed by atoms with Gasteiger partial charge in [-0.1, -0.05) is 5.10 Å². The maximum absolute atomic E-state index is 11.5. The lowest BCUT2D eigenvalue weighted by Crippen LogP contribution is -2.30. The normalized spacial score (nSPS) is 10.6. The van der Waals surface area contributed by atoms with E-state index in [0.29, 0.717) is 22.4 Å². The van der Waals surface area contributed by atoms with Gasteiger partial charge in [0, 0.05) is 0 Å². The van der Waals surface area contributed by atoms with Crippen LogP contribution in [0.5, 0.6) is 0 Å². The summed E-state index contributed by atoms with van der Waals surface area (Å²) in [6, 6.07) is 3.39. The lowest BCUT2D eigenvalue weighted by Gasteiger charge is -2.03. The smallest absolute Gasteiger partial charge is 0.350 e. The number of hydrogen-bond donors (Lipinski definition) is 0. The second-order valence-electron chi connectivity index (χ2n) is 3.22. The summed E-state index contributed by atoms with van der Waals surface area (Å²) in [4.78, 5) is 11.3. The van der Waals surface area contributed by atoms with E-state index in [1.165, 1.54) is 10.9 Å². The van der Waals surface area contributed by atoms with Crippen molar-refractivity contribution in [1.29, 1.82) is 0 Å². The summed E-state index contributed by atoms with van der Waals surface area (Å²) >= 11 is 0. The molecule has 0 radical (unpaired) electrons. The first kappa shape index (κ1) is 10.4. The number of rotatable bonds is 3. The van der Waals surface area contributed by atoms with Crippen LogP contribution in [0.25, 0.3) is 11.0 Å². The second-order valence-corrected chi connectivity index (χ2v) is 3.22. The highest BCUT2D eigenvalue weighted by Gasteiger charge is 2.16. The highest BCUT2D eigenvalue weighted by molar-refractivity contribution is 5.75. The molecule has 2 rings (SSSR count). The topological polar surface area (TPSA) is 71.1 Å². The van der Waals surface area contributed by atoms with Crippen molar-refractivity contribution in [1.82, 2.24) is 9.78 Å². The van der Waals surface area contributed by atoms with Gasteiger partial charge in [-0.15, -0.1) is 4.68 Å². The van der Waals surface area contributed by atoms with E-state index in [1.54, 1.807) is 25.3 Å². The SMILES string of the molecule is CCOC(=O)Cn1ncc2ccc[n+]([O-])c21. The number of aromatic nitrogens is 3. The summed E-state index contributed by atoms with van der Waals surface area (Å²) < 4.78 is 6.81. The Morgan fingerprint density at radius 1 is 1.69 bits per heavy atom. The standard InChI is InChI=1S/C10H11N3O3/c1-2-16-9(14)7-12-10-8(6-11-12)4-3-5-13(10)15/h3-6H,2,7H2,1H3. The minimum Gasteiger partial charge on any atom is -0.711 e. The van der Waals surface area contributed by atoms with Gasteiger partial charge in [-0.25, -0.2) is 9.52 Å². The Morgan fingerprint density at radius 3 is 3.25 bits per heavy atom. The van der Waals surface area contributed by atoms with Crippen LogP contribution in [-0.4, -0.2) is 22.4 Å². The molecule has 2 aromatic heterocycles. The molecule has 0 unspecified atom stereocenters. The predicted octanol–water partition coefficient (Wildman–Crippen LogP) is 0.233. The van der Waals surface area contributed by atoms with Crippen LogP contribution in [0, 0.1) is 5.21 Å². The maximum atomic E-state index is 11.5. The van der Waals surface area contributed by atoms with Crippen LogP contribution in [0.3, 0.4) is 0 Å². The molecule has 0 saturated heterocycles. The predicted molar refractivity (Wildman–Crippen MR) is 55.3 cm³/mol. The van der Waals surface area contributed by atoms with Crippen molar-refractivity contribution in [2.75, 3.05) is 6.61 Å². The fraction of sp³-hybridized carbons (Fsp3) is 0.300. The molecule has 84 valence electrons. The van der Waals surface area contributed by atoms with Gasteiger partial charge >= 0.3 is 11.6 Å². The van der Waals surface area contributed by atoms with E-state index in [0.717, 1.165) is 0 Å². The molecule has 0 saturated carbocycles. The van der Waals surface area contributed by atoms with E-state index in [-0.39, 0.29) is 6.54 Å². The molecule has 0 atom stereocenters. The van der Waals surface area contributed by atoms with Gasteiger partial charge in [-0.05, 0) is 19.1 Å². The van der Waals surface area contributed by atoms with Gasteiger partial charge in [0.1, 0.15) is 0 Å². The van der Waals surface area contributed by atoms with Crippen molar-refractivity contribution >= 4 is 17.0 Å². The van der Waals surface area contributed by atoms with E-state index in [4.69, 9.17) is 4.74 Å². The molecule has 0 spiro atoms. The lowest BCUT2D eigenvalue weighted by molar-refractivity contribution is -0.580. The highest BCUT2D eigenvalue weighted by Crippen LogP contribution is 2.07. The fourth-order valence-corrected chi connectivity index (χ4v) is 1.49. The average Bonchev–Trinajstić information content (AvgIpc) is 2.63. The van der Waals surface area contributed by atoms with Crippen LogP contribution in [-0.2, 0) is 16.1 Å². The van der Waals surface area contributed by atoms with Gasteiger partial charge < -0.3 is 9.94 Å². The summed E-state index contributed by atoms with van der Waals surface area (Å²) in [7, 11) is 0. The zero-order valence-electron chi connectivity index (χ0n) is 8.79. The molecule has 0 aliphatic heterocycles. The Labute approximate surface area is 91.6 Å². The average molecular weight is 221 g/mol. The van der Waals surface area contributed by atoms with Crippen LogP contribution >= 0.6 is 0 Å². The molecule has 0 aliphatic rings. The number of nitrogens with zero attached hydrogens (tertiary/aromatic N) is 3. The molecule has 0 aromatic carbocycles. The molecule has 2 aromatic rings. The van der Waals surface area contributed by atoms with Crippen LogP contribution in [0.1, 0.15) is 6.92 Å². The van der Waals surface area contributed by atoms with Crippen molar-refractivity contribution in [2.45, 2.75) is 13.5 Å². The van der Waals surface area contributed by atoms with Crippen LogP contribution < -0.4 is 4.73 Å². The molecule has 0 N–H and O–H groups in total. The quantitative estimate of drug-likeness (QED) is 0.422. The number of pyridine rings is 1. The van der Waals surface area contributed by atoms with Crippen LogP contribution in [0.4, 0.5) is 0 Å². The number of esters is 1. The Morgan fingerprint density at radius 2 is 2.50 bits per heavy atom. The van der Waals surface area contributed by atoms with Crippen molar-refractivity contribution in [3.63, 3.8) is 0 Å². The van der Waals surface area contributed by atoms with E-state index in [1.807, 2.05) is 0 Å². The zero-order chi connectivity index (χ0) is 11.5. The summed E-state index contributed by atoms with van der Waals surface area (Å²) in [5.41, 5.74) is 0.357. The van der Waals surface area contributed by atoms with Gasteiger partial charge in [0.2, 0.25) is 6.54 Å². The summed E-state index contributed by atoms with van der Waals surface area (Å²) in [5.74, 6) is -0.406. The first-order chi connectivity index (χ1) is 7.72. The number of carbonyl (C=O) groups excluding carboxylic acids is 1. The lowest BCUT2D eigenvalue weighted by atomic mass is 10.4. The largest absolute Gasteiger partial charge is 0.711 e. The summed E-state index contributed by atoms with van der Waals surface area (Å²) in [6.07, 6.45) is 2.91. The summed E-state index contributed by atoms with van der Waals surface area (Å²) in [6.45, 7) is 1.99. The number of hydrogen-bond acceptors (Lipinski definition) is 4. The molecule has 2 heterocycles. The third-order valence-corrected chi connectivity index (χ3v) is 2.13. The van der Waals surface area contributed by atoms with Crippen molar-refractivity contribution < 1.29 is 14.3 Å². The molecule has 0 bridgehead atoms. The van der Waals surface area contributed by atoms with E-state index in [9.17, 15) is 10.0 Å². The molecule has 0 aliphatic carbocycles. The van der Waals surface area contributed by atoms with Crippen molar-refractivity contribution in [2.24, 2.45) is 0 Å². The van der Waals surface area contributed by atoms with Gasteiger partial charge in [-0.2, -0.15) is 0 Å². The van der Waals surface area contributed by atoms with Gasteiger partial charge in [0.15, 0.2) is 0 Å². The van der Waals surface area contributed by atoms with Crippen molar-refractivity contribution in [3.05, 3.63) is 29.7 Å². The molecule has 0 fully saturated rings. The third kappa shape index (κ3) is 1.81. The molecule has 0 amide bonds. The molecule has 6 nitrogen and oxygen atoms in total. The van der Waals surface area contributed by atoms with E-state index in [2.05, 4.69) is 5.10 Å². The first-order valence-corrected chi connectivity index (χ1v) is 4.91. The van der Waals surface area contributed by atoms with Gasteiger partial charge in [0.25, 0.3) is 0 Å². The summed E-state index contributed by atoms with van der Waals surface area (Å²) in [5, 5.41) is 16.2. The third-order valence-electron chi connectivity index (χ3n) is 2.13. The van der Waals surface area contributed by atoms with Gasteiger partial charge in [0.05, 0.1) is 24.4 Å². The minimum absolute atomic E-state index is 0.0520. The van der Waals surface area contributed by atoms with E-state index < -0.39 is 5.97 Å². The maximum Gasteiger partial charge on any atom is 0.350 e. The second kappa shape index (κ2) is 4.18. The Hall–Kier alpha value is -2.11. The van der Waals surface area contributed by atoms with Crippen LogP contribution in [0.2, 0.25) is 0 Å². The Kier molecular flexibility index (Phi) is 2.72. The number of fused-ring (bicyclic) bond motifs is 1. The van der Waals surface area contributed by atoms with Gasteiger partial charge in [-0.3, -0.25) is 0 Å². The molecular formula is C10H11N3O3. The zero-order valence-corrected chi connectivity index (χ0v) is 8.79. The monoisotopic (exact) mass is 221 g/mol. The highest BCUT2D eigenvalue weighted by atomic mass is 16.5. The first-order valence-electron chi connectivity index (χ1n) is 4.91.